The van der Waals surface area contributed by atoms with Gasteiger partial charge in [-0.1, -0.05) is 24.3 Å². The highest BCUT2D eigenvalue weighted by molar-refractivity contribution is 7.92. The molecule has 0 bridgehead atoms. The lowest BCUT2D eigenvalue weighted by Gasteiger charge is -2.32. The number of fused-ring (bicyclic) bond motifs is 1. The van der Waals surface area contributed by atoms with Crippen LogP contribution >= 0.6 is 11.3 Å². The summed E-state index contributed by atoms with van der Waals surface area (Å²) in [7, 11) is -3.46. The van der Waals surface area contributed by atoms with Gasteiger partial charge in [0, 0.05) is 19.0 Å². The average molecular weight is 416 g/mol. The topological polar surface area (TPSA) is 79.4 Å². The molecule has 0 radical (unpaired) electrons. The van der Waals surface area contributed by atoms with E-state index in [1.54, 1.807) is 35.6 Å². The van der Waals surface area contributed by atoms with Crippen molar-refractivity contribution in [3.63, 3.8) is 0 Å². The third-order valence-electron chi connectivity index (χ3n) is 4.82. The molecule has 1 amide bonds. The van der Waals surface area contributed by atoms with E-state index >= 15 is 0 Å². The monoisotopic (exact) mass is 415 g/mol. The quantitative estimate of drug-likeness (QED) is 0.705. The van der Waals surface area contributed by atoms with E-state index in [4.69, 9.17) is 4.98 Å². The summed E-state index contributed by atoms with van der Waals surface area (Å²) in [4.78, 5) is 19.7. The summed E-state index contributed by atoms with van der Waals surface area (Å²) in [5.41, 5.74) is 1.68. The van der Waals surface area contributed by atoms with Gasteiger partial charge >= 0.3 is 0 Å². The van der Waals surface area contributed by atoms with Crippen molar-refractivity contribution in [2.75, 3.05) is 24.1 Å². The third-order valence-corrected chi connectivity index (χ3v) is 6.61. The molecule has 1 atom stereocenters. The molecule has 1 saturated heterocycles. The molecule has 2 heterocycles. The van der Waals surface area contributed by atoms with Crippen molar-refractivity contribution >= 4 is 43.2 Å². The van der Waals surface area contributed by atoms with Gasteiger partial charge in [0.15, 0.2) is 0 Å². The predicted octanol–water partition coefficient (Wildman–Crippen LogP) is 3.69. The zero-order chi connectivity index (χ0) is 19.7. The van der Waals surface area contributed by atoms with Crippen LogP contribution in [0.5, 0.6) is 0 Å². The second-order valence-corrected chi connectivity index (χ2v) is 9.84. The van der Waals surface area contributed by atoms with Gasteiger partial charge in [-0.05, 0) is 37.1 Å². The van der Waals surface area contributed by atoms with Gasteiger partial charge in [-0.25, -0.2) is 13.4 Å². The molecule has 1 aromatic heterocycles. The molecule has 1 aliphatic rings. The normalized spacial score (nSPS) is 17.6. The van der Waals surface area contributed by atoms with Gasteiger partial charge in [-0.3, -0.25) is 9.52 Å². The second-order valence-electron chi connectivity index (χ2n) is 7.03. The SMILES string of the molecule is CS(=O)(=O)Nc1ccccc1C(=O)N1CCC[C@@H](c2nc3ccccc3s2)C1. The van der Waals surface area contributed by atoms with E-state index in [9.17, 15) is 13.2 Å². The minimum absolute atomic E-state index is 0.155. The van der Waals surface area contributed by atoms with Crippen LogP contribution in [0, 0.1) is 0 Å². The molecular weight excluding hydrogens is 394 g/mol. The average Bonchev–Trinajstić information content (AvgIpc) is 3.11. The Morgan fingerprint density at radius 3 is 2.71 bits per heavy atom. The molecule has 4 rings (SSSR count). The molecule has 1 aliphatic heterocycles. The van der Waals surface area contributed by atoms with Crippen molar-refractivity contribution < 1.29 is 13.2 Å². The summed E-state index contributed by atoms with van der Waals surface area (Å²) in [6.45, 7) is 1.25. The number of hydrogen-bond donors (Lipinski definition) is 1. The van der Waals surface area contributed by atoms with Crippen molar-refractivity contribution in [3.05, 3.63) is 59.1 Å². The summed E-state index contributed by atoms with van der Waals surface area (Å²) in [6.07, 6.45) is 2.97. The molecule has 146 valence electrons. The Hall–Kier alpha value is -2.45. The van der Waals surface area contributed by atoms with Crippen LogP contribution in [-0.4, -0.2) is 43.6 Å². The van der Waals surface area contributed by atoms with Crippen LogP contribution < -0.4 is 4.72 Å². The first kappa shape index (κ1) is 18.9. The second kappa shape index (κ2) is 7.52. The van der Waals surface area contributed by atoms with Gasteiger partial charge in [0.25, 0.3) is 5.91 Å². The first-order valence-electron chi connectivity index (χ1n) is 9.12. The predicted molar refractivity (Wildman–Crippen MR) is 112 cm³/mol. The van der Waals surface area contributed by atoms with Crippen LogP contribution in [0.3, 0.4) is 0 Å². The van der Waals surface area contributed by atoms with Crippen molar-refractivity contribution in [1.29, 1.82) is 0 Å². The van der Waals surface area contributed by atoms with Gasteiger partial charge in [-0.15, -0.1) is 11.3 Å². The number of carbonyl (C=O) groups excluding carboxylic acids is 1. The number of benzene rings is 2. The van der Waals surface area contributed by atoms with Crippen molar-refractivity contribution in [1.82, 2.24) is 9.88 Å². The van der Waals surface area contributed by atoms with E-state index in [2.05, 4.69) is 10.8 Å². The van der Waals surface area contributed by atoms with Crippen LogP contribution in [0.15, 0.2) is 48.5 Å². The van der Waals surface area contributed by atoms with Gasteiger partial charge in [0.05, 0.1) is 32.7 Å². The van der Waals surface area contributed by atoms with Gasteiger partial charge < -0.3 is 4.90 Å². The summed E-state index contributed by atoms with van der Waals surface area (Å²) < 4.78 is 26.9. The highest BCUT2D eigenvalue weighted by atomic mass is 32.2. The van der Waals surface area contributed by atoms with Gasteiger partial charge in [0.1, 0.15) is 0 Å². The number of para-hydroxylation sites is 2. The molecule has 0 unspecified atom stereocenters. The van der Waals surface area contributed by atoms with E-state index in [1.807, 2.05) is 23.1 Å². The molecule has 3 aromatic rings. The first-order valence-corrected chi connectivity index (χ1v) is 11.8. The van der Waals surface area contributed by atoms with Crippen LogP contribution in [0.1, 0.15) is 34.1 Å². The Kier molecular flexibility index (Phi) is 5.07. The molecule has 2 aromatic carbocycles. The lowest BCUT2D eigenvalue weighted by molar-refractivity contribution is 0.0708. The highest BCUT2D eigenvalue weighted by Crippen LogP contribution is 2.33. The number of nitrogens with zero attached hydrogens (tertiary/aromatic N) is 2. The number of hydrogen-bond acceptors (Lipinski definition) is 5. The summed E-state index contributed by atoms with van der Waals surface area (Å²) in [5, 5.41) is 1.06. The largest absolute Gasteiger partial charge is 0.338 e. The summed E-state index contributed by atoms with van der Waals surface area (Å²) in [5.74, 6) is 0.0442. The summed E-state index contributed by atoms with van der Waals surface area (Å²) >= 11 is 1.68. The Labute approximate surface area is 168 Å². The van der Waals surface area contributed by atoms with Gasteiger partial charge in [0.2, 0.25) is 10.0 Å². The molecular formula is C20H21N3O3S2. The number of carbonyl (C=O) groups is 1. The molecule has 0 aliphatic carbocycles. The molecule has 1 N–H and O–H groups in total. The number of anilines is 1. The van der Waals surface area contributed by atoms with Crippen LogP contribution in [0.4, 0.5) is 5.69 Å². The number of sulfonamides is 1. The van der Waals surface area contributed by atoms with Gasteiger partial charge in [-0.2, -0.15) is 0 Å². The first-order chi connectivity index (χ1) is 13.4. The molecule has 28 heavy (non-hydrogen) atoms. The van der Waals surface area contributed by atoms with E-state index in [-0.39, 0.29) is 11.8 Å². The van der Waals surface area contributed by atoms with E-state index in [0.29, 0.717) is 24.3 Å². The van der Waals surface area contributed by atoms with Crippen molar-refractivity contribution in [2.45, 2.75) is 18.8 Å². The lowest BCUT2D eigenvalue weighted by atomic mass is 9.98. The molecule has 1 fully saturated rings. The van der Waals surface area contributed by atoms with Crippen molar-refractivity contribution in [2.24, 2.45) is 0 Å². The number of rotatable bonds is 4. The maximum Gasteiger partial charge on any atom is 0.256 e. The molecule has 8 heteroatoms. The fourth-order valence-corrected chi connectivity index (χ4v) is 5.23. The minimum atomic E-state index is -3.46. The fourth-order valence-electron chi connectivity index (χ4n) is 3.56. The lowest BCUT2D eigenvalue weighted by Crippen LogP contribution is -2.39. The maximum atomic E-state index is 13.1. The summed E-state index contributed by atoms with van der Waals surface area (Å²) in [6, 6.07) is 14.8. The Morgan fingerprint density at radius 1 is 1.18 bits per heavy atom. The van der Waals surface area contributed by atoms with E-state index in [1.165, 1.54) is 0 Å². The molecule has 6 nitrogen and oxygen atoms in total. The zero-order valence-electron chi connectivity index (χ0n) is 15.5. The molecule has 0 spiro atoms. The van der Waals surface area contributed by atoms with Crippen molar-refractivity contribution in [3.8, 4) is 0 Å². The number of amides is 1. The smallest absolute Gasteiger partial charge is 0.256 e. The van der Waals surface area contributed by atoms with Crippen LogP contribution in [0.25, 0.3) is 10.2 Å². The fraction of sp³-hybridized carbons (Fsp3) is 0.300. The number of aromatic nitrogens is 1. The Morgan fingerprint density at radius 2 is 1.93 bits per heavy atom. The minimum Gasteiger partial charge on any atom is -0.338 e. The Balaban J connectivity index is 1.57. The zero-order valence-corrected chi connectivity index (χ0v) is 17.1. The Bertz CT molecular complexity index is 1090. The highest BCUT2D eigenvalue weighted by Gasteiger charge is 2.28. The number of piperidine rings is 1. The number of likely N-dealkylation sites (tertiary alicyclic amines) is 1. The number of nitrogens with one attached hydrogen (secondary N) is 1. The maximum absolute atomic E-state index is 13.1. The van der Waals surface area contributed by atoms with E-state index < -0.39 is 10.0 Å². The standard InChI is InChI=1S/C20H21N3O3S2/c1-28(25,26)22-16-9-3-2-8-15(16)20(24)23-12-6-7-14(13-23)19-21-17-10-4-5-11-18(17)27-19/h2-5,8-11,14,22H,6-7,12-13H2,1H3/t14-/m1/s1. The van der Waals surface area contributed by atoms with Crippen LogP contribution in [0.2, 0.25) is 0 Å². The van der Waals surface area contributed by atoms with Crippen LogP contribution in [-0.2, 0) is 10.0 Å². The molecule has 0 saturated carbocycles. The van der Waals surface area contributed by atoms with E-state index in [0.717, 1.165) is 34.3 Å². The number of thiazole rings is 1. The third kappa shape index (κ3) is 4.02.